The van der Waals surface area contributed by atoms with E-state index in [4.69, 9.17) is 18.9 Å². The first kappa shape index (κ1) is 21.8. The highest BCUT2D eigenvalue weighted by Gasteiger charge is 2.50. The lowest BCUT2D eigenvalue weighted by Gasteiger charge is -2.29. The molecule has 35 heavy (non-hydrogen) atoms. The molecule has 1 aromatic carbocycles. The Morgan fingerprint density at radius 3 is 2.77 bits per heavy atom. The van der Waals surface area contributed by atoms with Crippen LogP contribution in [0.15, 0.2) is 43.0 Å². The average Bonchev–Trinajstić information content (AvgIpc) is 3.63. The fourth-order valence-corrected chi connectivity index (χ4v) is 4.61. The second-order valence-electron chi connectivity index (χ2n) is 8.48. The highest BCUT2D eigenvalue weighted by atomic mass is 16.6. The number of nitrogens with zero attached hydrogens (tertiary/aromatic N) is 7. The fourth-order valence-electron chi connectivity index (χ4n) is 4.61. The lowest BCUT2D eigenvalue weighted by molar-refractivity contribution is 0.0606. The summed E-state index contributed by atoms with van der Waals surface area (Å²) < 4.78 is 25.1. The number of hydrogen-bond acceptors (Lipinski definition) is 11. The Labute approximate surface area is 200 Å². The van der Waals surface area contributed by atoms with Crippen LogP contribution in [0.25, 0.3) is 0 Å². The topological polar surface area (TPSA) is 139 Å². The number of amides is 1. The number of carbonyl (C=O) groups is 1. The van der Waals surface area contributed by atoms with E-state index in [1.165, 1.54) is 18.7 Å². The molecule has 13 heteroatoms. The van der Waals surface area contributed by atoms with Crippen LogP contribution >= 0.6 is 0 Å². The maximum atomic E-state index is 12.5. The maximum absolute atomic E-state index is 12.5. The van der Waals surface area contributed by atoms with E-state index in [0.29, 0.717) is 37.7 Å². The molecule has 1 amide bonds. The zero-order chi connectivity index (χ0) is 23.6. The molecule has 0 radical (unpaired) electrons. The summed E-state index contributed by atoms with van der Waals surface area (Å²) in [4.78, 5) is 22.5. The van der Waals surface area contributed by atoms with Gasteiger partial charge in [0.2, 0.25) is 0 Å². The van der Waals surface area contributed by atoms with Gasteiger partial charge < -0.3 is 29.2 Å². The lowest BCUT2D eigenvalue weighted by Crippen LogP contribution is -2.44. The van der Waals surface area contributed by atoms with Crippen molar-refractivity contribution in [2.75, 3.05) is 44.4 Å². The molecule has 3 fully saturated rings. The quantitative estimate of drug-likeness (QED) is 0.519. The molecule has 4 unspecified atom stereocenters. The maximum Gasteiger partial charge on any atom is 0.341 e. The normalized spacial score (nSPS) is 25.9. The first-order chi connectivity index (χ1) is 17.3. The second-order valence-corrected chi connectivity index (χ2v) is 8.48. The molecule has 3 saturated heterocycles. The molecule has 3 aromatic rings. The van der Waals surface area contributed by atoms with Gasteiger partial charge in [-0.1, -0.05) is 11.2 Å². The Morgan fingerprint density at radius 1 is 1.09 bits per heavy atom. The third kappa shape index (κ3) is 4.40. The zero-order valence-corrected chi connectivity index (χ0v) is 18.8. The minimum absolute atomic E-state index is 0.246. The summed E-state index contributed by atoms with van der Waals surface area (Å²) in [5.41, 5.74) is 1.43. The van der Waals surface area contributed by atoms with Crippen molar-refractivity contribution >= 4 is 11.6 Å². The summed E-state index contributed by atoms with van der Waals surface area (Å²) >= 11 is 0. The van der Waals surface area contributed by atoms with Gasteiger partial charge in [-0.25, -0.2) is 9.97 Å². The summed E-state index contributed by atoms with van der Waals surface area (Å²) in [7, 11) is 0. The van der Waals surface area contributed by atoms with E-state index in [-0.39, 0.29) is 36.2 Å². The third-order valence-corrected chi connectivity index (χ3v) is 6.35. The van der Waals surface area contributed by atoms with Gasteiger partial charge in [0.1, 0.15) is 30.3 Å². The Bertz CT molecular complexity index is 1170. The molecule has 4 atom stereocenters. The Hall–Kier alpha value is -3.68. The van der Waals surface area contributed by atoms with Crippen LogP contribution in [0, 0.1) is 0 Å². The number of carbonyl (C=O) groups excluding carboxylic acids is 1. The number of morpholine rings is 1. The summed E-state index contributed by atoms with van der Waals surface area (Å²) in [6, 6.07) is 7.44. The largest absolute Gasteiger partial charge is 0.423 e. The first-order valence-corrected chi connectivity index (χ1v) is 11.4. The number of fused-ring (bicyclic) bond motifs is 1. The number of nitrogens with one attached hydrogen (secondary N) is 1. The van der Waals surface area contributed by atoms with Crippen LogP contribution < -0.4 is 15.0 Å². The number of hydrogen-bond donors (Lipinski definition) is 1. The monoisotopic (exact) mass is 480 g/mol. The molecule has 3 aliphatic heterocycles. The molecule has 1 N–H and O–H groups in total. The van der Waals surface area contributed by atoms with E-state index in [1.807, 2.05) is 24.3 Å². The van der Waals surface area contributed by atoms with Crippen molar-refractivity contribution in [1.82, 2.24) is 35.5 Å². The highest BCUT2D eigenvalue weighted by Crippen LogP contribution is 2.36. The third-order valence-electron chi connectivity index (χ3n) is 6.35. The van der Waals surface area contributed by atoms with Crippen molar-refractivity contribution in [2.45, 2.75) is 24.3 Å². The minimum Gasteiger partial charge on any atom is -0.423 e. The molecular formula is C22H24N8O5. The van der Waals surface area contributed by atoms with Gasteiger partial charge in [-0.2, -0.15) is 4.68 Å². The smallest absolute Gasteiger partial charge is 0.341 e. The van der Waals surface area contributed by atoms with E-state index in [1.54, 1.807) is 4.68 Å². The molecule has 0 saturated carbocycles. The number of aromatic nitrogens is 6. The standard InChI is InChI=1S/C22H24N8O5/c31-21(14-9-23-13-24-10-14)25-17-11-33-20-18(12-34-19(17)20)30-22(26-27-28-30)35-16-3-1-2-15(8-16)29-4-6-32-7-5-29/h1-3,8-10,13,17-20H,4-7,11-12H2,(H,25,31). The predicted octanol–water partition coefficient (Wildman–Crippen LogP) is 0.229. The van der Waals surface area contributed by atoms with Gasteiger partial charge in [0.05, 0.1) is 38.0 Å². The summed E-state index contributed by atoms with van der Waals surface area (Å²) in [5.74, 6) is 0.349. The predicted molar refractivity (Wildman–Crippen MR) is 119 cm³/mol. The van der Waals surface area contributed by atoms with Crippen molar-refractivity contribution in [3.05, 3.63) is 48.5 Å². The van der Waals surface area contributed by atoms with Gasteiger partial charge in [0.25, 0.3) is 5.91 Å². The average molecular weight is 480 g/mol. The minimum atomic E-state index is -0.338. The summed E-state index contributed by atoms with van der Waals surface area (Å²) in [6.07, 6.45) is 3.63. The van der Waals surface area contributed by atoms with Crippen LogP contribution in [0.4, 0.5) is 5.69 Å². The number of anilines is 1. The highest BCUT2D eigenvalue weighted by molar-refractivity contribution is 5.93. The summed E-state index contributed by atoms with van der Waals surface area (Å²) in [5, 5.41) is 15.0. The van der Waals surface area contributed by atoms with Gasteiger partial charge in [0.15, 0.2) is 0 Å². The van der Waals surface area contributed by atoms with Crippen LogP contribution in [-0.4, -0.2) is 93.8 Å². The van der Waals surface area contributed by atoms with Crippen molar-refractivity contribution in [3.8, 4) is 11.8 Å². The number of benzene rings is 1. The van der Waals surface area contributed by atoms with Crippen molar-refractivity contribution in [3.63, 3.8) is 0 Å². The Balaban J connectivity index is 1.14. The van der Waals surface area contributed by atoms with E-state index < -0.39 is 0 Å². The van der Waals surface area contributed by atoms with Gasteiger partial charge >= 0.3 is 6.01 Å². The van der Waals surface area contributed by atoms with E-state index >= 15 is 0 Å². The van der Waals surface area contributed by atoms with Gasteiger partial charge in [-0.15, -0.1) is 0 Å². The van der Waals surface area contributed by atoms with E-state index in [2.05, 4.69) is 35.7 Å². The molecule has 0 spiro atoms. The van der Waals surface area contributed by atoms with Gasteiger partial charge in [-0.3, -0.25) is 4.79 Å². The number of tetrazole rings is 1. The molecule has 3 aliphatic rings. The Morgan fingerprint density at radius 2 is 1.91 bits per heavy atom. The van der Waals surface area contributed by atoms with E-state index in [0.717, 1.165) is 18.8 Å². The SMILES string of the molecule is O=C(NC1COC2C1OCC2n1nnnc1Oc1cccc(N2CCOCC2)c1)c1cncnc1. The van der Waals surface area contributed by atoms with Crippen LogP contribution in [0.1, 0.15) is 16.4 Å². The van der Waals surface area contributed by atoms with Crippen LogP contribution in [0.5, 0.6) is 11.8 Å². The summed E-state index contributed by atoms with van der Waals surface area (Å²) in [6.45, 7) is 3.70. The molecule has 0 bridgehead atoms. The zero-order valence-electron chi connectivity index (χ0n) is 18.8. The first-order valence-electron chi connectivity index (χ1n) is 11.4. The molecule has 182 valence electrons. The second kappa shape index (κ2) is 9.52. The Kier molecular flexibility index (Phi) is 5.94. The van der Waals surface area contributed by atoms with Crippen molar-refractivity contribution in [2.24, 2.45) is 0 Å². The van der Waals surface area contributed by atoms with Crippen LogP contribution in [-0.2, 0) is 14.2 Å². The van der Waals surface area contributed by atoms with Crippen molar-refractivity contribution < 1.29 is 23.7 Å². The fraction of sp³-hybridized carbons (Fsp3) is 0.455. The van der Waals surface area contributed by atoms with Gasteiger partial charge in [0, 0.05) is 37.2 Å². The van der Waals surface area contributed by atoms with Crippen LogP contribution in [0.3, 0.4) is 0 Å². The molecule has 13 nitrogen and oxygen atoms in total. The van der Waals surface area contributed by atoms with Crippen molar-refractivity contribution in [1.29, 1.82) is 0 Å². The van der Waals surface area contributed by atoms with Crippen LogP contribution in [0.2, 0.25) is 0 Å². The molecule has 5 heterocycles. The molecule has 6 rings (SSSR count). The van der Waals surface area contributed by atoms with E-state index in [9.17, 15) is 4.79 Å². The lowest BCUT2D eigenvalue weighted by atomic mass is 10.1. The molecule has 0 aliphatic carbocycles. The van der Waals surface area contributed by atoms with Gasteiger partial charge in [-0.05, 0) is 22.6 Å². The molecule has 2 aromatic heterocycles. The number of ether oxygens (including phenoxy) is 4. The molecular weight excluding hydrogens is 456 g/mol. The number of rotatable bonds is 6.